The zero-order chi connectivity index (χ0) is 16.2. The highest BCUT2D eigenvalue weighted by Crippen LogP contribution is 2.25. The van der Waals surface area contributed by atoms with Crippen molar-refractivity contribution in [2.45, 2.75) is 13.0 Å². The van der Waals surface area contributed by atoms with Gasteiger partial charge in [-0.1, -0.05) is 23.4 Å². The number of pyridine rings is 1. The molecule has 2 aromatic heterocycles. The summed E-state index contributed by atoms with van der Waals surface area (Å²) in [5, 5.41) is 17.9. The van der Waals surface area contributed by atoms with E-state index in [9.17, 15) is 10.1 Å². The van der Waals surface area contributed by atoms with Crippen LogP contribution in [-0.2, 0) is 0 Å². The van der Waals surface area contributed by atoms with E-state index in [0.29, 0.717) is 11.7 Å². The van der Waals surface area contributed by atoms with Gasteiger partial charge in [-0.3, -0.25) is 10.1 Å². The molecule has 0 aliphatic rings. The van der Waals surface area contributed by atoms with Gasteiger partial charge in [0.15, 0.2) is 5.82 Å². The number of anilines is 1. The van der Waals surface area contributed by atoms with Gasteiger partial charge in [-0.25, -0.2) is 4.98 Å². The molecule has 0 aliphatic carbocycles. The molecule has 0 spiro atoms. The molecule has 1 unspecified atom stereocenters. The summed E-state index contributed by atoms with van der Waals surface area (Å²) in [4.78, 5) is 18.8. The second kappa shape index (κ2) is 6.22. The van der Waals surface area contributed by atoms with Gasteiger partial charge in [0.25, 0.3) is 5.89 Å². The highest BCUT2D eigenvalue weighted by Gasteiger charge is 2.20. The second-order valence-electron chi connectivity index (χ2n) is 4.82. The van der Waals surface area contributed by atoms with Gasteiger partial charge in [0.2, 0.25) is 5.82 Å². The highest BCUT2D eigenvalue weighted by atomic mass is 16.6. The van der Waals surface area contributed by atoms with Gasteiger partial charge in [-0.05, 0) is 25.1 Å². The summed E-state index contributed by atoms with van der Waals surface area (Å²) in [5.74, 6) is 0.949. The Labute approximate surface area is 131 Å². The Balaban J connectivity index is 1.81. The number of hydrogen-bond donors (Lipinski definition) is 1. The number of hydrogen-bond acceptors (Lipinski definition) is 7. The van der Waals surface area contributed by atoms with Crippen LogP contribution in [-0.4, -0.2) is 20.0 Å². The summed E-state index contributed by atoms with van der Waals surface area (Å²) in [6, 6.07) is 11.9. The van der Waals surface area contributed by atoms with Gasteiger partial charge in [-0.2, -0.15) is 4.98 Å². The van der Waals surface area contributed by atoms with Crippen molar-refractivity contribution < 1.29 is 9.45 Å². The molecule has 8 nitrogen and oxygen atoms in total. The van der Waals surface area contributed by atoms with Crippen LogP contribution >= 0.6 is 0 Å². The van der Waals surface area contributed by atoms with Crippen LogP contribution in [0.15, 0.2) is 53.2 Å². The first-order valence-electron chi connectivity index (χ1n) is 6.90. The van der Waals surface area contributed by atoms with Crippen LogP contribution in [0, 0.1) is 10.1 Å². The van der Waals surface area contributed by atoms with E-state index in [0.717, 1.165) is 5.56 Å². The summed E-state index contributed by atoms with van der Waals surface area (Å²) < 4.78 is 5.23. The molecule has 0 fully saturated rings. The van der Waals surface area contributed by atoms with Crippen LogP contribution < -0.4 is 5.32 Å². The maximum atomic E-state index is 11.0. The Hall–Kier alpha value is -3.29. The molecule has 8 heteroatoms. The average Bonchev–Trinajstić information content (AvgIpc) is 3.06. The standard InChI is InChI=1S/C15H13N5O3/c1-10(17-14-12(20(21)22)8-5-9-16-14)13-18-15(23-19-13)11-6-3-2-4-7-11/h2-10H,1H3,(H,16,17). The maximum absolute atomic E-state index is 11.0. The van der Waals surface area contributed by atoms with Gasteiger partial charge in [0.05, 0.1) is 11.0 Å². The molecule has 1 aromatic carbocycles. The minimum absolute atomic E-state index is 0.105. The lowest BCUT2D eigenvalue weighted by Gasteiger charge is -2.10. The maximum Gasteiger partial charge on any atom is 0.311 e. The minimum Gasteiger partial charge on any atom is -0.354 e. The lowest BCUT2D eigenvalue weighted by Crippen LogP contribution is -2.11. The first kappa shape index (κ1) is 14.6. The molecular formula is C15H13N5O3. The van der Waals surface area contributed by atoms with E-state index in [1.54, 1.807) is 6.92 Å². The van der Waals surface area contributed by atoms with Crippen LogP contribution in [0.25, 0.3) is 11.5 Å². The summed E-state index contributed by atoms with van der Waals surface area (Å²) in [6.45, 7) is 1.78. The predicted octanol–water partition coefficient (Wildman–Crippen LogP) is 3.21. The normalized spacial score (nSPS) is 11.9. The molecule has 0 saturated heterocycles. The summed E-state index contributed by atoms with van der Waals surface area (Å²) in [6.07, 6.45) is 1.48. The van der Waals surface area contributed by atoms with E-state index in [2.05, 4.69) is 20.4 Å². The number of benzene rings is 1. The third kappa shape index (κ3) is 3.15. The van der Waals surface area contributed by atoms with Crippen molar-refractivity contribution >= 4 is 11.5 Å². The fourth-order valence-corrected chi connectivity index (χ4v) is 2.03. The highest BCUT2D eigenvalue weighted by molar-refractivity contribution is 5.56. The number of rotatable bonds is 5. The molecule has 0 bridgehead atoms. The molecule has 0 saturated carbocycles. The molecule has 23 heavy (non-hydrogen) atoms. The van der Waals surface area contributed by atoms with Crippen LogP contribution in [0.2, 0.25) is 0 Å². The van der Waals surface area contributed by atoms with E-state index >= 15 is 0 Å². The fourth-order valence-electron chi connectivity index (χ4n) is 2.03. The molecule has 1 N–H and O–H groups in total. The molecule has 1 atom stereocenters. The van der Waals surface area contributed by atoms with Crippen LogP contribution in [0.1, 0.15) is 18.8 Å². The first-order chi connectivity index (χ1) is 11.1. The Morgan fingerprint density at radius 2 is 2.00 bits per heavy atom. The topological polar surface area (TPSA) is 107 Å². The lowest BCUT2D eigenvalue weighted by molar-refractivity contribution is -0.384. The van der Waals surface area contributed by atoms with Gasteiger partial charge >= 0.3 is 5.69 Å². The molecule has 3 aromatic rings. The van der Waals surface area contributed by atoms with Crippen LogP contribution in [0.4, 0.5) is 11.5 Å². The largest absolute Gasteiger partial charge is 0.354 e. The Bertz CT molecular complexity index is 819. The van der Waals surface area contributed by atoms with E-state index in [1.165, 1.54) is 18.3 Å². The average molecular weight is 311 g/mol. The van der Waals surface area contributed by atoms with Gasteiger partial charge in [0, 0.05) is 17.8 Å². The molecular weight excluding hydrogens is 298 g/mol. The molecule has 2 heterocycles. The Kier molecular flexibility index (Phi) is 3.96. The van der Waals surface area contributed by atoms with Gasteiger partial charge in [0.1, 0.15) is 0 Å². The lowest BCUT2D eigenvalue weighted by atomic mass is 10.2. The molecule has 0 radical (unpaired) electrons. The Morgan fingerprint density at radius 3 is 2.74 bits per heavy atom. The van der Waals surface area contributed by atoms with E-state index in [-0.39, 0.29) is 11.5 Å². The van der Waals surface area contributed by atoms with E-state index < -0.39 is 11.0 Å². The molecule has 3 rings (SSSR count). The SMILES string of the molecule is CC(Nc1ncccc1[N+](=O)[O-])c1noc(-c2ccccc2)n1. The number of nitrogens with zero attached hydrogens (tertiary/aromatic N) is 4. The molecule has 116 valence electrons. The molecule has 0 aliphatic heterocycles. The molecule has 0 amide bonds. The van der Waals surface area contributed by atoms with Gasteiger partial charge < -0.3 is 9.84 Å². The number of nitro groups is 1. The van der Waals surface area contributed by atoms with Crippen molar-refractivity contribution in [1.29, 1.82) is 0 Å². The summed E-state index contributed by atoms with van der Waals surface area (Å²) in [5.41, 5.74) is 0.702. The third-order valence-corrected chi connectivity index (χ3v) is 3.19. The van der Waals surface area contributed by atoms with E-state index in [4.69, 9.17) is 4.52 Å². The predicted molar refractivity (Wildman–Crippen MR) is 82.7 cm³/mol. The van der Waals surface area contributed by atoms with Crippen molar-refractivity contribution in [3.63, 3.8) is 0 Å². The quantitative estimate of drug-likeness (QED) is 0.569. The zero-order valence-corrected chi connectivity index (χ0v) is 12.2. The van der Waals surface area contributed by atoms with Crippen molar-refractivity contribution in [2.24, 2.45) is 0 Å². The number of nitrogens with one attached hydrogen (secondary N) is 1. The summed E-state index contributed by atoms with van der Waals surface area (Å²) in [7, 11) is 0. The fraction of sp³-hybridized carbons (Fsp3) is 0.133. The Morgan fingerprint density at radius 1 is 1.22 bits per heavy atom. The van der Waals surface area contributed by atoms with E-state index in [1.807, 2.05) is 30.3 Å². The van der Waals surface area contributed by atoms with Crippen molar-refractivity contribution in [3.05, 3.63) is 64.6 Å². The van der Waals surface area contributed by atoms with Crippen LogP contribution in [0.3, 0.4) is 0 Å². The second-order valence-corrected chi connectivity index (χ2v) is 4.82. The first-order valence-corrected chi connectivity index (χ1v) is 6.90. The van der Waals surface area contributed by atoms with Crippen molar-refractivity contribution in [3.8, 4) is 11.5 Å². The minimum atomic E-state index is -0.492. The van der Waals surface area contributed by atoms with Gasteiger partial charge in [-0.15, -0.1) is 0 Å². The summed E-state index contributed by atoms with van der Waals surface area (Å²) >= 11 is 0. The van der Waals surface area contributed by atoms with Crippen LogP contribution in [0.5, 0.6) is 0 Å². The smallest absolute Gasteiger partial charge is 0.311 e. The third-order valence-electron chi connectivity index (χ3n) is 3.19. The van der Waals surface area contributed by atoms with Crippen molar-refractivity contribution in [1.82, 2.24) is 15.1 Å². The zero-order valence-electron chi connectivity index (χ0n) is 12.2. The van der Waals surface area contributed by atoms with Crippen molar-refractivity contribution in [2.75, 3.05) is 5.32 Å². The monoisotopic (exact) mass is 311 g/mol. The number of aromatic nitrogens is 3.